The van der Waals surface area contributed by atoms with E-state index in [9.17, 15) is 13.2 Å². The van der Waals surface area contributed by atoms with Crippen molar-refractivity contribution < 1.29 is 27.8 Å². The van der Waals surface area contributed by atoms with Gasteiger partial charge in [-0.3, -0.25) is 0 Å². The molecule has 0 spiro atoms. The molecule has 2 aliphatic heterocycles. The summed E-state index contributed by atoms with van der Waals surface area (Å²) >= 11 is 3.63. The Morgan fingerprint density at radius 1 is 1.11 bits per heavy atom. The van der Waals surface area contributed by atoms with E-state index in [4.69, 9.17) is 20.4 Å². The fourth-order valence-corrected chi connectivity index (χ4v) is 6.06. The highest BCUT2D eigenvalue weighted by Crippen LogP contribution is 2.36. The van der Waals surface area contributed by atoms with Crippen molar-refractivity contribution in [2.75, 3.05) is 45.6 Å². The van der Waals surface area contributed by atoms with Gasteiger partial charge in [0.1, 0.15) is 0 Å². The molecular weight excluding hydrogens is 513 g/mol. The molecule has 36 heavy (non-hydrogen) atoms. The molecule has 1 atom stereocenters. The van der Waals surface area contributed by atoms with E-state index in [0.29, 0.717) is 6.54 Å². The van der Waals surface area contributed by atoms with E-state index >= 15 is 0 Å². The number of piperidine rings is 1. The highest BCUT2D eigenvalue weighted by Gasteiger charge is 2.38. The van der Waals surface area contributed by atoms with E-state index in [2.05, 4.69) is 13.6 Å². The van der Waals surface area contributed by atoms with Gasteiger partial charge >= 0.3 is 12.1 Å². The van der Waals surface area contributed by atoms with E-state index in [0.717, 1.165) is 48.7 Å². The molecule has 1 aromatic heterocycles. The largest absolute Gasteiger partial charge is 0.490 e. The molecule has 0 aromatic carbocycles. The number of pyridine rings is 1. The summed E-state index contributed by atoms with van der Waals surface area (Å²) < 4.78 is 42.3. The Bertz CT molecular complexity index is 745. The first kappa shape index (κ1) is 31.2. The molecule has 12 heteroatoms. The molecule has 1 saturated carbocycles. The molecule has 3 fully saturated rings. The standard InChI is InChI=1S/C15H28N2OS.C7H10N2S.C2HF3O2/c1-2-5-14(6-3-1)15-7-4-8-17(13-15)19-16-9-11-18-12-10-16;1-10-7-4-6(5-8)2-3-9-7;3-2(4,5)1(6)7/h14-15H,1-13H2;2-4H,5,8H2,1H3;(H,6,7). The van der Waals surface area contributed by atoms with Crippen molar-refractivity contribution in [3.8, 4) is 0 Å². The maximum atomic E-state index is 10.6. The molecule has 206 valence electrons. The normalized spacial score (nSPS) is 22.1. The van der Waals surface area contributed by atoms with Gasteiger partial charge in [-0.15, -0.1) is 11.8 Å². The number of hydrogen-bond donors (Lipinski definition) is 2. The van der Waals surface area contributed by atoms with Gasteiger partial charge in [-0.25, -0.2) is 18.4 Å². The van der Waals surface area contributed by atoms with Gasteiger partial charge in [0.15, 0.2) is 0 Å². The Morgan fingerprint density at radius 3 is 2.33 bits per heavy atom. The molecule has 3 aliphatic rings. The van der Waals surface area contributed by atoms with Crippen LogP contribution in [0.15, 0.2) is 23.4 Å². The van der Waals surface area contributed by atoms with Crippen molar-refractivity contribution in [3.63, 3.8) is 0 Å². The minimum Gasteiger partial charge on any atom is -0.475 e. The summed E-state index contributed by atoms with van der Waals surface area (Å²) in [7, 11) is 0. The van der Waals surface area contributed by atoms with Crippen LogP contribution in [-0.2, 0) is 16.1 Å². The lowest BCUT2D eigenvalue weighted by Crippen LogP contribution is -2.40. The van der Waals surface area contributed by atoms with Gasteiger partial charge < -0.3 is 15.6 Å². The van der Waals surface area contributed by atoms with Crippen LogP contribution in [0, 0.1) is 11.8 Å². The third-order valence-electron chi connectivity index (χ3n) is 6.42. The van der Waals surface area contributed by atoms with Crippen molar-refractivity contribution in [1.82, 2.24) is 13.6 Å². The highest BCUT2D eigenvalue weighted by molar-refractivity contribution is 7.98. The Kier molecular flexibility index (Phi) is 14.5. The van der Waals surface area contributed by atoms with Crippen LogP contribution < -0.4 is 5.73 Å². The van der Waals surface area contributed by atoms with Crippen molar-refractivity contribution in [1.29, 1.82) is 0 Å². The quantitative estimate of drug-likeness (QED) is 0.384. The number of aromatic nitrogens is 1. The average molecular weight is 553 g/mol. The number of alkyl halides is 3. The van der Waals surface area contributed by atoms with Crippen LogP contribution in [0.1, 0.15) is 50.5 Å². The van der Waals surface area contributed by atoms with E-state index in [-0.39, 0.29) is 0 Å². The van der Waals surface area contributed by atoms with Crippen LogP contribution in [0.2, 0.25) is 0 Å². The van der Waals surface area contributed by atoms with Crippen LogP contribution in [0.4, 0.5) is 13.2 Å². The predicted molar refractivity (Wildman–Crippen MR) is 138 cm³/mol. The van der Waals surface area contributed by atoms with Gasteiger partial charge in [-0.05, 0) is 48.6 Å². The van der Waals surface area contributed by atoms with Crippen LogP contribution >= 0.6 is 23.9 Å². The van der Waals surface area contributed by atoms with Crippen molar-refractivity contribution >= 4 is 29.9 Å². The van der Waals surface area contributed by atoms with Gasteiger partial charge in [0, 0.05) is 51.1 Å². The molecule has 0 radical (unpaired) electrons. The number of nitrogens with zero attached hydrogens (tertiary/aromatic N) is 3. The first-order chi connectivity index (χ1) is 17.2. The molecule has 1 unspecified atom stereocenters. The minimum atomic E-state index is -5.08. The average Bonchev–Trinajstić information content (AvgIpc) is 2.90. The second-order valence-electron chi connectivity index (χ2n) is 9.02. The molecule has 3 heterocycles. The number of halogens is 3. The topological polar surface area (TPSA) is 91.9 Å². The third-order valence-corrected chi connectivity index (χ3v) is 8.22. The number of rotatable bonds is 5. The molecule has 3 N–H and O–H groups in total. The molecule has 1 aliphatic carbocycles. The van der Waals surface area contributed by atoms with E-state index < -0.39 is 12.1 Å². The second-order valence-corrected chi connectivity index (χ2v) is 11.0. The minimum absolute atomic E-state index is 0.593. The van der Waals surface area contributed by atoms with Gasteiger partial charge in [0.25, 0.3) is 0 Å². The summed E-state index contributed by atoms with van der Waals surface area (Å²) in [6.07, 6.45) is 9.03. The Balaban J connectivity index is 0.000000225. The number of nitrogens with two attached hydrogens (primary N) is 1. The number of carbonyl (C=O) groups is 1. The number of thioether (sulfide) groups is 1. The number of aliphatic carboxylic acids is 1. The summed E-state index contributed by atoms with van der Waals surface area (Å²) in [5, 5.41) is 8.16. The second kappa shape index (κ2) is 16.7. The molecular formula is C24H39F3N4O3S2. The summed E-state index contributed by atoms with van der Waals surface area (Å²) in [6.45, 7) is 7.21. The zero-order chi connectivity index (χ0) is 26.4. The molecule has 0 amide bonds. The SMILES string of the molecule is C1CCC(C2CCCN(SN3CCOCC3)C2)CC1.CSc1cc(CN)ccn1.O=C(O)C(F)(F)F. The number of carboxylic acids is 1. The van der Waals surface area contributed by atoms with Gasteiger partial charge in [-0.2, -0.15) is 13.2 Å². The summed E-state index contributed by atoms with van der Waals surface area (Å²) in [5.74, 6) is -0.753. The van der Waals surface area contributed by atoms with E-state index in [1.165, 1.54) is 58.0 Å². The van der Waals surface area contributed by atoms with Crippen molar-refractivity contribution in [3.05, 3.63) is 23.9 Å². The predicted octanol–water partition coefficient (Wildman–Crippen LogP) is 5.07. The number of carboxylic acid groups (broad SMARTS) is 1. The maximum absolute atomic E-state index is 10.6. The lowest BCUT2D eigenvalue weighted by atomic mass is 9.77. The lowest BCUT2D eigenvalue weighted by molar-refractivity contribution is -0.192. The molecule has 4 rings (SSSR count). The Hall–Kier alpha value is -1.05. The smallest absolute Gasteiger partial charge is 0.475 e. The fraction of sp³-hybridized carbons (Fsp3) is 0.750. The molecule has 2 saturated heterocycles. The van der Waals surface area contributed by atoms with Gasteiger partial charge in [0.2, 0.25) is 0 Å². The van der Waals surface area contributed by atoms with Crippen LogP contribution in [0.25, 0.3) is 0 Å². The van der Waals surface area contributed by atoms with E-state index in [1.807, 2.05) is 30.5 Å². The number of morpholine rings is 1. The number of ether oxygens (including phenoxy) is 1. The summed E-state index contributed by atoms with van der Waals surface area (Å²) in [5.41, 5.74) is 6.57. The fourth-order valence-electron chi connectivity index (χ4n) is 4.52. The zero-order valence-corrected chi connectivity index (χ0v) is 22.6. The summed E-state index contributed by atoms with van der Waals surface area (Å²) in [4.78, 5) is 13.0. The maximum Gasteiger partial charge on any atom is 0.490 e. The van der Waals surface area contributed by atoms with Gasteiger partial charge in [0.05, 0.1) is 18.2 Å². The Labute approximate surface area is 221 Å². The van der Waals surface area contributed by atoms with Gasteiger partial charge in [-0.1, -0.05) is 32.1 Å². The zero-order valence-electron chi connectivity index (χ0n) is 20.9. The molecule has 0 bridgehead atoms. The monoisotopic (exact) mass is 552 g/mol. The lowest BCUT2D eigenvalue weighted by Gasteiger charge is -2.39. The summed E-state index contributed by atoms with van der Waals surface area (Å²) in [6, 6.07) is 3.93. The third kappa shape index (κ3) is 12.0. The number of hydrogen-bond acceptors (Lipinski definition) is 8. The van der Waals surface area contributed by atoms with E-state index in [1.54, 1.807) is 18.0 Å². The van der Waals surface area contributed by atoms with Crippen LogP contribution in [-0.4, -0.2) is 76.5 Å². The van der Waals surface area contributed by atoms with Crippen LogP contribution in [0.5, 0.6) is 0 Å². The van der Waals surface area contributed by atoms with Crippen molar-refractivity contribution in [2.45, 2.75) is 62.7 Å². The first-order valence-electron chi connectivity index (χ1n) is 12.5. The molecule has 7 nitrogen and oxygen atoms in total. The molecule has 1 aromatic rings. The highest BCUT2D eigenvalue weighted by atomic mass is 32.2. The van der Waals surface area contributed by atoms with Crippen LogP contribution in [0.3, 0.4) is 0 Å². The van der Waals surface area contributed by atoms with Crippen molar-refractivity contribution in [2.24, 2.45) is 17.6 Å². The Morgan fingerprint density at radius 2 is 1.75 bits per heavy atom. The first-order valence-corrected chi connectivity index (χ1v) is 14.4.